The Kier molecular flexibility index (Phi) is 6.32. The fourth-order valence-electron chi connectivity index (χ4n) is 3.40. The lowest BCUT2D eigenvalue weighted by Crippen LogP contribution is -2.34. The quantitative estimate of drug-likeness (QED) is 0.595. The number of nitrogens with one attached hydrogen (secondary N) is 1. The summed E-state index contributed by atoms with van der Waals surface area (Å²) in [5.74, 6) is 0.247. The van der Waals surface area contributed by atoms with Gasteiger partial charge in [0.2, 0.25) is 5.91 Å². The Morgan fingerprint density at radius 3 is 2.85 bits per heavy atom. The fourth-order valence-corrected chi connectivity index (χ4v) is 4.31. The number of fused-ring (bicyclic) bond motifs is 1. The first-order valence-corrected chi connectivity index (χ1v) is 10.0. The molecule has 7 heteroatoms. The predicted molar refractivity (Wildman–Crippen MR) is 104 cm³/mol. The van der Waals surface area contributed by atoms with Gasteiger partial charge in [-0.05, 0) is 31.9 Å². The zero-order valence-electron chi connectivity index (χ0n) is 15.2. The summed E-state index contributed by atoms with van der Waals surface area (Å²) >= 11 is 1.31. The van der Waals surface area contributed by atoms with Crippen molar-refractivity contribution >= 4 is 28.6 Å². The van der Waals surface area contributed by atoms with Gasteiger partial charge in [0.25, 0.3) is 5.56 Å². The maximum atomic E-state index is 12.9. The summed E-state index contributed by atoms with van der Waals surface area (Å²) in [6.07, 6.45) is 4.47. The van der Waals surface area contributed by atoms with Gasteiger partial charge in [-0.25, -0.2) is 4.98 Å². The molecule has 1 aromatic carbocycles. The third-order valence-corrected chi connectivity index (χ3v) is 5.63. The molecule has 1 aliphatic rings. The van der Waals surface area contributed by atoms with E-state index in [2.05, 4.69) is 10.3 Å². The van der Waals surface area contributed by atoms with Crippen LogP contribution in [0.4, 0.5) is 0 Å². The van der Waals surface area contributed by atoms with Crippen molar-refractivity contribution in [2.45, 2.75) is 49.8 Å². The van der Waals surface area contributed by atoms with Crippen molar-refractivity contribution in [3.63, 3.8) is 0 Å². The van der Waals surface area contributed by atoms with E-state index < -0.39 is 0 Å². The molecule has 1 fully saturated rings. The van der Waals surface area contributed by atoms with E-state index in [1.165, 1.54) is 24.6 Å². The van der Waals surface area contributed by atoms with E-state index in [-0.39, 0.29) is 23.3 Å². The number of nitrogens with zero attached hydrogens (tertiary/aromatic N) is 2. The van der Waals surface area contributed by atoms with Gasteiger partial charge in [-0.3, -0.25) is 14.2 Å². The van der Waals surface area contributed by atoms with Crippen LogP contribution >= 0.6 is 11.8 Å². The standard InChI is InChI=1S/C19H25N3O3S/c1-13(11-25-2)22-18(24)15-9-5-6-10-16(15)21-19(22)26-12-17(23)20-14-7-3-4-8-14/h5-6,9-10,13-14H,3-4,7-8,11-12H2,1-2H3,(H,20,23). The first-order valence-electron chi connectivity index (χ1n) is 9.02. The third-order valence-electron chi connectivity index (χ3n) is 4.68. The van der Waals surface area contributed by atoms with Crippen LogP contribution in [0.3, 0.4) is 0 Å². The van der Waals surface area contributed by atoms with Crippen molar-refractivity contribution in [3.8, 4) is 0 Å². The zero-order valence-corrected chi connectivity index (χ0v) is 16.1. The lowest BCUT2D eigenvalue weighted by Gasteiger charge is -2.19. The second-order valence-corrected chi connectivity index (χ2v) is 7.67. The average Bonchev–Trinajstić information content (AvgIpc) is 3.13. The minimum Gasteiger partial charge on any atom is -0.383 e. The Bertz CT molecular complexity index is 830. The van der Waals surface area contributed by atoms with Crippen LogP contribution in [0.15, 0.2) is 34.2 Å². The Morgan fingerprint density at radius 1 is 1.38 bits per heavy atom. The van der Waals surface area contributed by atoms with E-state index >= 15 is 0 Å². The minimum atomic E-state index is -0.162. The van der Waals surface area contributed by atoms with Crippen LogP contribution in [-0.4, -0.2) is 41.0 Å². The molecule has 3 rings (SSSR count). The number of ether oxygens (including phenoxy) is 1. The molecule has 0 aliphatic heterocycles. The second-order valence-electron chi connectivity index (χ2n) is 6.73. The fraction of sp³-hybridized carbons (Fsp3) is 0.526. The molecule has 0 bridgehead atoms. The highest BCUT2D eigenvalue weighted by molar-refractivity contribution is 7.99. The molecule has 2 aromatic rings. The molecule has 140 valence electrons. The first-order chi connectivity index (χ1) is 12.6. The van der Waals surface area contributed by atoms with Crippen LogP contribution in [-0.2, 0) is 9.53 Å². The van der Waals surface area contributed by atoms with Crippen LogP contribution in [0.1, 0.15) is 38.6 Å². The molecule has 1 atom stereocenters. The topological polar surface area (TPSA) is 73.2 Å². The lowest BCUT2D eigenvalue weighted by molar-refractivity contribution is -0.119. The summed E-state index contributed by atoms with van der Waals surface area (Å²) in [4.78, 5) is 29.8. The van der Waals surface area contributed by atoms with E-state index in [0.29, 0.717) is 28.7 Å². The number of carbonyl (C=O) groups excluding carboxylic acids is 1. The molecule has 0 saturated heterocycles. The lowest BCUT2D eigenvalue weighted by atomic mass is 10.2. The number of benzene rings is 1. The van der Waals surface area contributed by atoms with E-state index in [1.807, 2.05) is 25.1 Å². The van der Waals surface area contributed by atoms with Gasteiger partial charge in [-0.2, -0.15) is 0 Å². The molecule has 1 aromatic heterocycles. The Balaban J connectivity index is 1.84. The second kappa shape index (κ2) is 8.68. The SMILES string of the molecule is COCC(C)n1c(SCC(=O)NC2CCCC2)nc2ccccc2c1=O. The van der Waals surface area contributed by atoms with Crippen molar-refractivity contribution in [2.75, 3.05) is 19.5 Å². The number of para-hydroxylation sites is 1. The van der Waals surface area contributed by atoms with Gasteiger partial charge in [0.05, 0.1) is 29.3 Å². The summed E-state index contributed by atoms with van der Waals surface area (Å²) in [7, 11) is 1.61. The van der Waals surface area contributed by atoms with Crippen molar-refractivity contribution in [1.29, 1.82) is 0 Å². The summed E-state index contributed by atoms with van der Waals surface area (Å²) in [5.41, 5.74) is 0.552. The van der Waals surface area contributed by atoms with Gasteiger partial charge < -0.3 is 10.1 Å². The largest absolute Gasteiger partial charge is 0.383 e. The van der Waals surface area contributed by atoms with Crippen LogP contribution in [0.25, 0.3) is 10.9 Å². The van der Waals surface area contributed by atoms with E-state index in [4.69, 9.17) is 4.74 Å². The van der Waals surface area contributed by atoms with Crippen LogP contribution in [0.2, 0.25) is 0 Å². The molecule has 0 spiro atoms. The molecule has 0 radical (unpaired) electrons. The van der Waals surface area contributed by atoms with Gasteiger partial charge >= 0.3 is 0 Å². The minimum absolute atomic E-state index is 0.00440. The highest BCUT2D eigenvalue weighted by Crippen LogP contribution is 2.22. The maximum Gasteiger partial charge on any atom is 0.262 e. The smallest absolute Gasteiger partial charge is 0.262 e. The number of methoxy groups -OCH3 is 1. The number of carbonyl (C=O) groups is 1. The Morgan fingerprint density at radius 2 is 2.12 bits per heavy atom. The Hall–Kier alpha value is -1.86. The number of hydrogen-bond acceptors (Lipinski definition) is 5. The van der Waals surface area contributed by atoms with E-state index in [0.717, 1.165) is 12.8 Å². The molecule has 1 amide bonds. The zero-order chi connectivity index (χ0) is 18.5. The molecule has 1 saturated carbocycles. The van der Waals surface area contributed by atoms with E-state index in [9.17, 15) is 9.59 Å². The van der Waals surface area contributed by atoms with Crippen molar-refractivity contribution in [2.24, 2.45) is 0 Å². The molecule has 1 unspecified atom stereocenters. The number of aromatic nitrogens is 2. The summed E-state index contributed by atoms with van der Waals surface area (Å²) < 4.78 is 6.86. The monoisotopic (exact) mass is 375 g/mol. The molecule has 1 heterocycles. The molecular weight excluding hydrogens is 350 g/mol. The Labute approximate surface area is 157 Å². The van der Waals surface area contributed by atoms with E-state index in [1.54, 1.807) is 17.7 Å². The van der Waals surface area contributed by atoms with Crippen molar-refractivity contribution in [3.05, 3.63) is 34.6 Å². The highest BCUT2D eigenvalue weighted by Gasteiger charge is 2.20. The normalized spacial score (nSPS) is 16.1. The predicted octanol–water partition coefficient (Wildman–Crippen LogP) is 2.75. The van der Waals surface area contributed by atoms with Crippen LogP contribution in [0.5, 0.6) is 0 Å². The number of thioether (sulfide) groups is 1. The van der Waals surface area contributed by atoms with Gasteiger partial charge in [0.1, 0.15) is 0 Å². The van der Waals surface area contributed by atoms with Crippen molar-refractivity contribution < 1.29 is 9.53 Å². The molecule has 6 nitrogen and oxygen atoms in total. The summed E-state index contributed by atoms with van der Waals surface area (Å²) in [6, 6.07) is 7.43. The molecular formula is C19H25N3O3S. The van der Waals surface area contributed by atoms with Crippen LogP contribution < -0.4 is 10.9 Å². The summed E-state index contributed by atoms with van der Waals surface area (Å²) in [5, 5.41) is 4.21. The maximum absolute atomic E-state index is 12.9. The summed E-state index contributed by atoms with van der Waals surface area (Å²) in [6.45, 7) is 2.33. The van der Waals surface area contributed by atoms with Gasteiger partial charge in [0, 0.05) is 13.2 Å². The van der Waals surface area contributed by atoms with Gasteiger partial charge in [0.15, 0.2) is 5.16 Å². The number of hydrogen-bond donors (Lipinski definition) is 1. The first kappa shape index (κ1) is 18.9. The van der Waals surface area contributed by atoms with Gasteiger partial charge in [-0.1, -0.05) is 36.7 Å². The number of amides is 1. The average molecular weight is 375 g/mol. The molecule has 26 heavy (non-hydrogen) atoms. The number of rotatable bonds is 7. The third kappa shape index (κ3) is 4.27. The highest BCUT2D eigenvalue weighted by atomic mass is 32.2. The molecule has 1 N–H and O–H groups in total. The van der Waals surface area contributed by atoms with Crippen LogP contribution in [0, 0.1) is 0 Å². The van der Waals surface area contributed by atoms with Gasteiger partial charge in [-0.15, -0.1) is 0 Å². The van der Waals surface area contributed by atoms with Crippen molar-refractivity contribution in [1.82, 2.24) is 14.9 Å². The molecule has 1 aliphatic carbocycles.